The predicted molar refractivity (Wildman–Crippen MR) is 79.4 cm³/mol. The van der Waals surface area contributed by atoms with Crippen LogP contribution in [0.1, 0.15) is 74.1 Å². The van der Waals surface area contributed by atoms with E-state index in [1.54, 1.807) is 0 Å². The molecule has 0 rings (SSSR count). The van der Waals surface area contributed by atoms with E-state index in [1.807, 2.05) is 0 Å². The summed E-state index contributed by atoms with van der Waals surface area (Å²) in [4.78, 5) is 0. The number of hydrogen-bond acceptors (Lipinski definition) is 1. The highest BCUT2D eigenvalue weighted by molar-refractivity contribution is 4.93. The lowest BCUT2D eigenvalue weighted by molar-refractivity contribution is 0.0339. The molecule has 0 heterocycles. The van der Waals surface area contributed by atoms with Gasteiger partial charge in [-0.2, -0.15) is 0 Å². The molecule has 0 aromatic heterocycles. The Morgan fingerprint density at radius 3 is 1.82 bits per heavy atom. The molecule has 0 saturated heterocycles. The van der Waals surface area contributed by atoms with Crippen molar-refractivity contribution in [3.8, 4) is 0 Å². The average Bonchev–Trinajstić information content (AvgIpc) is 2.11. The van der Waals surface area contributed by atoms with Gasteiger partial charge in [0.1, 0.15) is 0 Å². The topological polar surface area (TPSA) is 12.0 Å². The standard InChI is InChI=1S/C16H35N/c1-9-10-11-16(7,13-17-8)15(5,6)12-14(2,3)4/h17H,9-13H2,1-8H3. The van der Waals surface area contributed by atoms with Gasteiger partial charge in [0.2, 0.25) is 0 Å². The Labute approximate surface area is 110 Å². The highest BCUT2D eigenvalue weighted by atomic mass is 14.8. The van der Waals surface area contributed by atoms with Crippen LogP contribution in [0, 0.1) is 16.2 Å². The van der Waals surface area contributed by atoms with E-state index in [0.717, 1.165) is 6.54 Å². The van der Waals surface area contributed by atoms with Crippen LogP contribution < -0.4 is 5.32 Å². The molecular formula is C16H35N. The van der Waals surface area contributed by atoms with Gasteiger partial charge in [-0.25, -0.2) is 0 Å². The zero-order valence-corrected chi connectivity index (χ0v) is 13.5. The minimum atomic E-state index is 0.378. The molecule has 0 spiro atoms. The maximum Gasteiger partial charge on any atom is 0.000727 e. The van der Waals surface area contributed by atoms with E-state index in [9.17, 15) is 0 Å². The van der Waals surface area contributed by atoms with Gasteiger partial charge in [-0.1, -0.05) is 61.3 Å². The fourth-order valence-electron chi connectivity index (χ4n) is 3.16. The van der Waals surface area contributed by atoms with Crippen molar-refractivity contribution >= 4 is 0 Å². The van der Waals surface area contributed by atoms with Crippen molar-refractivity contribution in [2.45, 2.75) is 74.1 Å². The normalized spacial score (nSPS) is 16.9. The van der Waals surface area contributed by atoms with Crippen LogP contribution in [-0.2, 0) is 0 Å². The quantitative estimate of drug-likeness (QED) is 0.671. The smallest absolute Gasteiger partial charge is 0.000727 e. The van der Waals surface area contributed by atoms with E-state index in [4.69, 9.17) is 0 Å². The first-order valence-electron chi connectivity index (χ1n) is 7.22. The lowest BCUT2D eigenvalue weighted by Crippen LogP contribution is -2.44. The van der Waals surface area contributed by atoms with E-state index < -0.39 is 0 Å². The largest absolute Gasteiger partial charge is 0.319 e. The Morgan fingerprint density at radius 2 is 1.47 bits per heavy atom. The maximum atomic E-state index is 3.41. The molecule has 17 heavy (non-hydrogen) atoms. The van der Waals surface area contributed by atoms with Crippen LogP contribution in [0.15, 0.2) is 0 Å². The highest BCUT2D eigenvalue weighted by Crippen LogP contribution is 2.48. The van der Waals surface area contributed by atoms with Gasteiger partial charge in [0, 0.05) is 6.54 Å². The number of rotatable bonds is 7. The Kier molecular flexibility index (Phi) is 6.21. The van der Waals surface area contributed by atoms with Crippen LogP contribution in [0.4, 0.5) is 0 Å². The molecule has 0 radical (unpaired) electrons. The SMILES string of the molecule is CCCCC(C)(CNC)C(C)(C)CC(C)(C)C. The van der Waals surface area contributed by atoms with E-state index in [1.165, 1.54) is 25.7 Å². The van der Waals surface area contributed by atoms with Crippen molar-refractivity contribution < 1.29 is 0 Å². The molecule has 104 valence electrons. The second-order valence-electron chi connectivity index (χ2n) is 7.82. The minimum Gasteiger partial charge on any atom is -0.319 e. The summed E-state index contributed by atoms with van der Waals surface area (Å²) in [6.45, 7) is 17.8. The predicted octanol–water partition coefficient (Wildman–Crippen LogP) is 4.86. The van der Waals surface area contributed by atoms with Gasteiger partial charge >= 0.3 is 0 Å². The van der Waals surface area contributed by atoms with E-state index in [-0.39, 0.29) is 0 Å². The summed E-state index contributed by atoms with van der Waals surface area (Å²) in [5, 5.41) is 3.41. The second kappa shape index (κ2) is 6.22. The molecule has 0 fully saturated rings. The van der Waals surface area contributed by atoms with Gasteiger partial charge < -0.3 is 5.32 Å². The molecule has 0 aromatic carbocycles. The molecule has 0 bridgehead atoms. The molecule has 0 saturated carbocycles. The number of hydrogen-bond donors (Lipinski definition) is 1. The van der Waals surface area contributed by atoms with E-state index in [0.29, 0.717) is 16.2 Å². The molecular weight excluding hydrogens is 206 g/mol. The van der Waals surface area contributed by atoms with Gasteiger partial charge in [0.25, 0.3) is 0 Å². The molecule has 0 aliphatic heterocycles. The van der Waals surface area contributed by atoms with Crippen molar-refractivity contribution in [1.82, 2.24) is 5.32 Å². The van der Waals surface area contributed by atoms with Crippen LogP contribution in [0.5, 0.6) is 0 Å². The summed E-state index contributed by atoms with van der Waals surface area (Å²) >= 11 is 0. The fraction of sp³-hybridized carbons (Fsp3) is 1.00. The Balaban J connectivity index is 4.87. The first-order valence-corrected chi connectivity index (χ1v) is 7.22. The van der Waals surface area contributed by atoms with Crippen LogP contribution in [-0.4, -0.2) is 13.6 Å². The van der Waals surface area contributed by atoms with Gasteiger partial charge in [-0.05, 0) is 36.1 Å². The van der Waals surface area contributed by atoms with Crippen LogP contribution in [0.25, 0.3) is 0 Å². The third kappa shape index (κ3) is 5.42. The summed E-state index contributed by atoms with van der Waals surface area (Å²) in [7, 11) is 2.08. The summed E-state index contributed by atoms with van der Waals surface area (Å²) in [5.41, 5.74) is 1.18. The number of nitrogens with one attached hydrogen (secondary N) is 1. The lowest BCUT2D eigenvalue weighted by atomic mass is 9.59. The van der Waals surface area contributed by atoms with E-state index >= 15 is 0 Å². The summed E-state index contributed by atoms with van der Waals surface area (Å²) in [6, 6.07) is 0. The molecule has 0 aromatic rings. The van der Waals surface area contributed by atoms with Crippen molar-refractivity contribution in [3.63, 3.8) is 0 Å². The van der Waals surface area contributed by atoms with Crippen molar-refractivity contribution in [3.05, 3.63) is 0 Å². The fourth-order valence-corrected chi connectivity index (χ4v) is 3.16. The zero-order valence-electron chi connectivity index (χ0n) is 13.5. The van der Waals surface area contributed by atoms with Gasteiger partial charge in [-0.3, -0.25) is 0 Å². The third-order valence-corrected chi connectivity index (χ3v) is 4.26. The van der Waals surface area contributed by atoms with Gasteiger partial charge in [-0.15, -0.1) is 0 Å². The monoisotopic (exact) mass is 241 g/mol. The van der Waals surface area contributed by atoms with Crippen LogP contribution in [0.3, 0.4) is 0 Å². The summed E-state index contributed by atoms with van der Waals surface area (Å²) in [6.07, 6.45) is 5.24. The summed E-state index contributed by atoms with van der Waals surface area (Å²) < 4.78 is 0. The first-order chi connectivity index (χ1) is 7.58. The van der Waals surface area contributed by atoms with Gasteiger partial charge in [0.15, 0.2) is 0 Å². The highest BCUT2D eigenvalue weighted by Gasteiger charge is 2.41. The average molecular weight is 241 g/mol. The second-order valence-corrected chi connectivity index (χ2v) is 7.82. The van der Waals surface area contributed by atoms with Crippen molar-refractivity contribution in [2.24, 2.45) is 16.2 Å². The zero-order chi connectivity index (χ0) is 13.7. The molecule has 1 atom stereocenters. The first kappa shape index (κ1) is 17.0. The van der Waals surface area contributed by atoms with E-state index in [2.05, 4.69) is 60.8 Å². The van der Waals surface area contributed by atoms with Crippen molar-refractivity contribution in [1.29, 1.82) is 0 Å². The molecule has 0 amide bonds. The minimum absolute atomic E-state index is 0.378. The molecule has 1 N–H and O–H groups in total. The lowest BCUT2D eigenvalue weighted by Gasteiger charge is -2.48. The van der Waals surface area contributed by atoms with Gasteiger partial charge in [0.05, 0.1) is 0 Å². The Hall–Kier alpha value is -0.0400. The molecule has 1 unspecified atom stereocenters. The van der Waals surface area contributed by atoms with Crippen LogP contribution >= 0.6 is 0 Å². The molecule has 1 nitrogen and oxygen atoms in total. The number of unbranched alkanes of at least 4 members (excludes halogenated alkanes) is 1. The molecule has 0 aliphatic rings. The third-order valence-electron chi connectivity index (χ3n) is 4.26. The van der Waals surface area contributed by atoms with Crippen LogP contribution in [0.2, 0.25) is 0 Å². The Morgan fingerprint density at radius 1 is 0.941 bits per heavy atom. The summed E-state index contributed by atoms with van der Waals surface area (Å²) in [5.74, 6) is 0. The Bertz CT molecular complexity index is 212. The molecule has 0 aliphatic carbocycles. The molecule has 1 heteroatoms. The van der Waals surface area contributed by atoms with Crippen molar-refractivity contribution in [2.75, 3.05) is 13.6 Å². The maximum absolute atomic E-state index is 3.41.